The smallest absolute Gasteiger partial charge is 0.122 e. The highest BCUT2D eigenvalue weighted by Gasteiger charge is 2.14. The van der Waals surface area contributed by atoms with Crippen molar-refractivity contribution in [3.05, 3.63) is 35.5 Å². The Hall–Kier alpha value is -1.81. The second-order valence-corrected chi connectivity index (χ2v) is 4.92. The molecule has 1 N–H and O–H groups in total. The maximum Gasteiger partial charge on any atom is 0.122 e. The highest BCUT2D eigenvalue weighted by atomic mass is 16.5. The molecule has 0 spiro atoms. The number of benzene rings is 1. The first-order valence-electron chi connectivity index (χ1n) is 6.71. The van der Waals surface area contributed by atoms with Gasteiger partial charge in [-0.2, -0.15) is 5.10 Å². The van der Waals surface area contributed by atoms with E-state index in [4.69, 9.17) is 4.74 Å². The van der Waals surface area contributed by atoms with Gasteiger partial charge >= 0.3 is 0 Å². The van der Waals surface area contributed by atoms with Gasteiger partial charge in [0.1, 0.15) is 5.75 Å². The molecule has 0 aliphatic carbocycles. The first-order chi connectivity index (χ1) is 9.28. The third-order valence-corrected chi connectivity index (χ3v) is 3.55. The summed E-state index contributed by atoms with van der Waals surface area (Å²) in [6.07, 6.45) is 1.96. The monoisotopic (exact) mass is 257 g/mol. The lowest BCUT2D eigenvalue weighted by atomic mass is 10.1. The van der Waals surface area contributed by atoms with Gasteiger partial charge in [-0.05, 0) is 36.9 Å². The number of rotatable bonds is 4. The molecule has 0 saturated heterocycles. The molecule has 100 valence electrons. The Morgan fingerprint density at radius 1 is 1.37 bits per heavy atom. The van der Waals surface area contributed by atoms with Gasteiger partial charge in [0.2, 0.25) is 0 Å². The largest absolute Gasteiger partial charge is 0.493 e. The molecule has 2 heterocycles. The normalized spacial score (nSPS) is 13.4. The predicted molar refractivity (Wildman–Crippen MR) is 75.5 cm³/mol. The molecule has 0 fully saturated rings. The van der Waals surface area contributed by atoms with Crippen molar-refractivity contribution in [3.63, 3.8) is 0 Å². The van der Waals surface area contributed by atoms with Crippen LogP contribution in [0.5, 0.6) is 5.75 Å². The maximum absolute atomic E-state index is 5.55. The van der Waals surface area contributed by atoms with E-state index in [0.717, 1.165) is 37.4 Å². The molecule has 1 aromatic carbocycles. The predicted octanol–water partition coefficient (Wildman–Crippen LogP) is 1.78. The quantitative estimate of drug-likeness (QED) is 0.907. The van der Waals surface area contributed by atoms with Crippen LogP contribution in [0.2, 0.25) is 0 Å². The van der Waals surface area contributed by atoms with Crippen LogP contribution >= 0.6 is 0 Å². The van der Waals surface area contributed by atoms with Crippen molar-refractivity contribution in [1.29, 1.82) is 0 Å². The summed E-state index contributed by atoms with van der Waals surface area (Å²) in [7, 11) is 3.96. The molecule has 3 rings (SSSR count). The number of hydrogen-bond acceptors (Lipinski definition) is 3. The summed E-state index contributed by atoms with van der Waals surface area (Å²) in [5.74, 6) is 1.03. The summed E-state index contributed by atoms with van der Waals surface area (Å²) in [6, 6.07) is 8.58. The molecule has 0 bridgehead atoms. The molecule has 19 heavy (non-hydrogen) atoms. The summed E-state index contributed by atoms with van der Waals surface area (Å²) >= 11 is 0. The number of hydrogen-bond donors (Lipinski definition) is 1. The Bertz CT molecular complexity index is 589. The number of nitrogens with zero attached hydrogens (tertiary/aromatic N) is 2. The van der Waals surface area contributed by atoms with Crippen LogP contribution in [0.1, 0.15) is 11.3 Å². The lowest BCUT2D eigenvalue weighted by Gasteiger charge is -2.04. The summed E-state index contributed by atoms with van der Waals surface area (Å²) in [5.41, 5.74) is 4.81. The number of nitrogens with one attached hydrogen (secondary N) is 1. The molecular weight excluding hydrogens is 238 g/mol. The highest BCUT2D eigenvalue weighted by molar-refractivity contribution is 5.63. The number of aromatic nitrogens is 2. The van der Waals surface area contributed by atoms with Crippen LogP contribution < -0.4 is 10.1 Å². The van der Waals surface area contributed by atoms with Crippen LogP contribution in [-0.2, 0) is 19.9 Å². The van der Waals surface area contributed by atoms with Crippen LogP contribution in [0.4, 0.5) is 0 Å². The molecule has 2 aromatic rings. The molecule has 0 radical (unpaired) electrons. The van der Waals surface area contributed by atoms with E-state index in [-0.39, 0.29) is 0 Å². The topological polar surface area (TPSA) is 39.1 Å². The minimum absolute atomic E-state index is 0.803. The van der Waals surface area contributed by atoms with Gasteiger partial charge < -0.3 is 10.1 Å². The van der Waals surface area contributed by atoms with E-state index in [1.807, 2.05) is 18.8 Å². The summed E-state index contributed by atoms with van der Waals surface area (Å²) in [5, 5.41) is 7.72. The lowest BCUT2D eigenvalue weighted by molar-refractivity contribution is 0.357. The zero-order valence-corrected chi connectivity index (χ0v) is 11.4. The number of aryl methyl sites for hydroxylation is 1. The van der Waals surface area contributed by atoms with Gasteiger partial charge in [-0.3, -0.25) is 4.68 Å². The Morgan fingerprint density at radius 2 is 2.26 bits per heavy atom. The van der Waals surface area contributed by atoms with E-state index in [9.17, 15) is 0 Å². The minimum Gasteiger partial charge on any atom is -0.493 e. The van der Waals surface area contributed by atoms with Crippen LogP contribution in [0.25, 0.3) is 11.3 Å². The van der Waals surface area contributed by atoms with Crippen LogP contribution in [0.3, 0.4) is 0 Å². The Kier molecular flexibility index (Phi) is 3.25. The fourth-order valence-corrected chi connectivity index (χ4v) is 2.52. The lowest BCUT2D eigenvalue weighted by Crippen LogP contribution is -2.10. The Balaban J connectivity index is 1.91. The van der Waals surface area contributed by atoms with Crippen molar-refractivity contribution < 1.29 is 4.74 Å². The van der Waals surface area contributed by atoms with E-state index >= 15 is 0 Å². The summed E-state index contributed by atoms with van der Waals surface area (Å²) < 4.78 is 7.51. The molecule has 4 heteroatoms. The molecule has 0 unspecified atom stereocenters. The van der Waals surface area contributed by atoms with E-state index in [0.29, 0.717) is 0 Å². The fraction of sp³-hybridized carbons (Fsp3) is 0.400. The summed E-state index contributed by atoms with van der Waals surface area (Å²) in [6.45, 7) is 1.76. The molecule has 4 nitrogen and oxygen atoms in total. The molecule has 1 aliphatic heterocycles. The third-order valence-electron chi connectivity index (χ3n) is 3.55. The standard InChI is InChI=1S/C15H19N3O/c1-16-7-5-13-10-14(18(2)17-13)11-3-4-15-12(9-11)6-8-19-15/h3-4,9-10,16H,5-8H2,1-2H3. The van der Waals surface area contributed by atoms with Crippen molar-refractivity contribution in [2.24, 2.45) is 7.05 Å². The van der Waals surface area contributed by atoms with Crippen LogP contribution in [0.15, 0.2) is 24.3 Å². The van der Waals surface area contributed by atoms with Crippen LogP contribution in [0, 0.1) is 0 Å². The molecule has 1 aliphatic rings. The van der Waals surface area contributed by atoms with E-state index in [1.54, 1.807) is 0 Å². The molecule has 1 aromatic heterocycles. The van der Waals surface area contributed by atoms with Crippen molar-refractivity contribution in [3.8, 4) is 17.0 Å². The molecule has 0 saturated carbocycles. The SMILES string of the molecule is CNCCc1cc(-c2ccc3c(c2)CCO3)n(C)n1. The maximum atomic E-state index is 5.55. The molecule has 0 amide bonds. The Labute approximate surface area is 113 Å². The first-order valence-corrected chi connectivity index (χ1v) is 6.71. The van der Waals surface area contributed by atoms with Crippen molar-refractivity contribution >= 4 is 0 Å². The van der Waals surface area contributed by atoms with E-state index in [1.165, 1.54) is 16.8 Å². The zero-order chi connectivity index (χ0) is 13.2. The second kappa shape index (κ2) is 5.05. The van der Waals surface area contributed by atoms with Gasteiger partial charge in [-0.15, -0.1) is 0 Å². The van der Waals surface area contributed by atoms with Gasteiger partial charge in [-0.25, -0.2) is 0 Å². The minimum atomic E-state index is 0.803. The average molecular weight is 257 g/mol. The Morgan fingerprint density at radius 3 is 3.11 bits per heavy atom. The third kappa shape index (κ3) is 2.36. The fourth-order valence-electron chi connectivity index (χ4n) is 2.52. The van der Waals surface area contributed by atoms with Gasteiger partial charge in [0.25, 0.3) is 0 Å². The highest BCUT2D eigenvalue weighted by Crippen LogP contribution is 2.30. The van der Waals surface area contributed by atoms with Crippen molar-refractivity contribution in [2.75, 3.05) is 20.2 Å². The van der Waals surface area contributed by atoms with Crippen molar-refractivity contribution in [2.45, 2.75) is 12.8 Å². The number of fused-ring (bicyclic) bond motifs is 1. The van der Waals surface area contributed by atoms with Crippen LogP contribution in [-0.4, -0.2) is 30.0 Å². The first kappa shape index (κ1) is 12.2. The van der Waals surface area contributed by atoms with E-state index < -0.39 is 0 Å². The van der Waals surface area contributed by atoms with Crippen molar-refractivity contribution in [1.82, 2.24) is 15.1 Å². The van der Waals surface area contributed by atoms with Gasteiger partial charge in [0.15, 0.2) is 0 Å². The average Bonchev–Trinajstić information content (AvgIpc) is 3.01. The summed E-state index contributed by atoms with van der Waals surface area (Å²) in [4.78, 5) is 0. The number of ether oxygens (including phenoxy) is 1. The van der Waals surface area contributed by atoms with Gasteiger partial charge in [-0.1, -0.05) is 0 Å². The second-order valence-electron chi connectivity index (χ2n) is 4.92. The molecular formula is C15H19N3O. The van der Waals surface area contributed by atoms with Gasteiger partial charge in [0, 0.05) is 32.0 Å². The van der Waals surface area contributed by atoms with E-state index in [2.05, 4.69) is 34.7 Å². The molecule has 0 atom stereocenters. The number of likely N-dealkylation sites (N-methyl/N-ethyl adjacent to an activating group) is 1. The zero-order valence-electron chi connectivity index (χ0n) is 11.4. The van der Waals surface area contributed by atoms with Gasteiger partial charge in [0.05, 0.1) is 18.0 Å².